The van der Waals surface area contributed by atoms with Crippen molar-refractivity contribution in [1.29, 1.82) is 0 Å². The molecule has 3 heteroatoms. The van der Waals surface area contributed by atoms with Crippen LogP contribution in [0.15, 0.2) is 29.4 Å². The maximum atomic E-state index is 9.09. The molecule has 1 heterocycles. The number of nitrogens with one attached hydrogen (secondary N) is 1. The van der Waals surface area contributed by atoms with Crippen LogP contribution in [0.2, 0.25) is 0 Å². The highest BCUT2D eigenvalue weighted by Gasteiger charge is 2.13. The van der Waals surface area contributed by atoms with Gasteiger partial charge in [0.15, 0.2) is 0 Å². The lowest BCUT2D eigenvalue weighted by molar-refractivity contribution is 0.318. The van der Waals surface area contributed by atoms with Gasteiger partial charge in [-0.05, 0) is 19.4 Å². The van der Waals surface area contributed by atoms with E-state index >= 15 is 0 Å². The minimum absolute atomic E-state index is 0.762. The normalized spacial score (nSPS) is 12.2. The highest BCUT2D eigenvalue weighted by atomic mass is 16.4. The lowest BCUT2D eigenvalue weighted by atomic mass is 10.0. The van der Waals surface area contributed by atoms with Crippen molar-refractivity contribution in [2.24, 2.45) is 5.16 Å². The maximum Gasteiger partial charge on any atom is 0.0891 e. The molecule has 1 aromatic heterocycles. The van der Waals surface area contributed by atoms with Crippen LogP contribution in [0.25, 0.3) is 10.9 Å². The average molecular weight is 216 g/mol. The van der Waals surface area contributed by atoms with Gasteiger partial charge in [0.1, 0.15) is 0 Å². The Morgan fingerprint density at radius 2 is 2.12 bits per heavy atom. The fourth-order valence-electron chi connectivity index (χ4n) is 2.11. The second-order valence-electron chi connectivity index (χ2n) is 3.97. The average Bonchev–Trinajstić information content (AvgIpc) is 2.62. The molecule has 0 unspecified atom stereocenters. The zero-order valence-corrected chi connectivity index (χ0v) is 9.62. The van der Waals surface area contributed by atoms with Crippen LogP contribution < -0.4 is 0 Å². The van der Waals surface area contributed by atoms with Crippen molar-refractivity contribution in [2.45, 2.75) is 26.7 Å². The highest BCUT2D eigenvalue weighted by Crippen LogP contribution is 2.23. The van der Waals surface area contributed by atoms with E-state index in [1.807, 2.05) is 25.1 Å². The van der Waals surface area contributed by atoms with Crippen LogP contribution in [0.5, 0.6) is 0 Å². The van der Waals surface area contributed by atoms with Crippen LogP contribution in [-0.2, 0) is 0 Å². The quantitative estimate of drug-likeness (QED) is 0.460. The van der Waals surface area contributed by atoms with Crippen molar-refractivity contribution in [2.75, 3.05) is 0 Å². The van der Waals surface area contributed by atoms with Crippen LogP contribution >= 0.6 is 0 Å². The predicted molar refractivity (Wildman–Crippen MR) is 66.3 cm³/mol. The number of nitrogens with zero attached hydrogens (tertiary/aromatic N) is 1. The fourth-order valence-corrected chi connectivity index (χ4v) is 2.11. The Bertz CT molecular complexity index is 526. The molecule has 0 aliphatic heterocycles. The summed E-state index contributed by atoms with van der Waals surface area (Å²) < 4.78 is 0. The number of oxime groups is 1. The van der Waals surface area contributed by atoms with Gasteiger partial charge in [-0.2, -0.15) is 0 Å². The summed E-state index contributed by atoms with van der Waals surface area (Å²) in [6, 6.07) is 8.08. The van der Waals surface area contributed by atoms with Gasteiger partial charge in [-0.25, -0.2) is 0 Å². The molecule has 2 aromatic rings. The first-order valence-corrected chi connectivity index (χ1v) is 5.56. The lowest BCUT2D eigenvalue weighted by Gasteiger charge is -2.02. The molecule has 16 heavy (non-hydrogen) atoms. The predicted octanol–water partition coefficient (Wildman–Crippen LogP) is 3.45. The van der Waals surface area contributed by atoms with E-state index in [0.29, 0.717) is 0 Å². The molecule has 0 spiro atoms. The fraction of sp³-hybridized carbons (Fsp3) is 0.308. The Morgan fingerprint density at radius 3 is 2.81 bits per heavy atom. The molecule has 0 aliphatic rings. The third kappa shape index (κ3) is 1.69. The van der Waals surface area contributed by atoms with E-state index in [4.69, 9.17) is 5.21 Å². The van der Waals surface area contributed by atoms with Crippen LogP contribution in [-0.4, -0.2) is 15.9 Å². The van der Waals surface area contributed by atoms with Crippen LogP contribution in [0.3, 0.4) is 0 Å². The summed E-state index contributed by atoms with van der Waals surface area (Å²) in [4.78, 5) is 3.31. The number of aromatic amines is 1. The van der Waals surface area contributed by atoms with E-state index in [-0.39, 0.29) is 0 Å². The first kappa shape index (κ1) is 10.7. The molecule has 0 atom stereocenters. The number of hydrogen-bond donors (Lipinski definition) is 2. The molecule has 0 saturated carbocycles. The van der Waals surface area contributed by atoms with Crippen LogP contribution in [0.4, 0.5) is 0 Å². The molecule has 0 fully saturated rings. The van der Waals surface area contributed by atoms with Crippen LogP contribution in [0, 0.1) is 6.92 Å². The van der Waals surface area contributed by atoms with Gasteiger partial charge in [0.2, 0.25) is 0 Å². The van der Waals surface area contributed by atoms with E-state index in [2.05, 4.69) is 23.1 Å². The number of para-hydroxylation sites is 1. The summed E-state index contributed by atoms with van der Waals surface area (Å²) in [6.45, 7) is 4.09. The van der Waals surface area contributed by atoms with Crippen molar-refractivity contribution < 1.29 is 5.21 Å². The summed E-state index contributed by atoms with van der Waals surface area (Å²) in [7, 11) is 0. The highest BCUT2D eigenvalue weighted by molar-refractivity contribution is 6.11. The molecule has 2 rings (SSSR count). The summed E-state index contributed by atoms with van der Waals surface area (Å²) in [5, 5.41) is 13.6. The Labute approximate surface area is 94.8 Å². The van der Waals surface area contributed by atoms with Crippen molar-refractivity contribution in [1.82, 2.24) is 4.98 Å². The maximum absolute atomic E-state index is 9.09. The van der Waals surface area contributed by atoms with Crippen molar-refractivity contribution in [3.8, 4) is 0 Å². The molecule has 0 radical (unpaired) electrons. The summed E-state index contributed by atoms with van der Waals surface area (Å²) in [5.41, 5.74) is 3.95. The number of aromatic nitrogens is 1. The summed E-state index contributed by atoms with van der Waals surface area (Å²) in [6.07, 6.45) is 1.76. The molecule has 0 bridgehead atoms. The monoisotopic (exact) mass is 216 g/mol. The second-order valence-corrected chi connectivity index (χ2v) is 3.97. The standard InChI is InChI=1S/C13H16N2O/c1-3-6-12(15-16)13-9(2)14-11-8-5-4-7-10(11)13/h4-5,7-8,14,16H,3,6H2,1-2H3/b15-12+. The largest absolute Gasteiger partial charge is 0.411 e. The number of aryl methyl sites for hydroxylation is 1. The number of hydrogen-bond acceptors (Lipinski definition) is 2. The molecule has 0 saturated heterocycles. The Morgan fingerprint density at radius 1 is 1.38 bits per heavy atom. The molecular formula is C13H16N2O. The Hall–Kier alpha value is -1.77. The van der Waals surface area contributed by atoms with Gasteiger partial charge in [-0.1, -0.05) is 36.7 Å². The molecule has 3 nitrogen and oxygen atoms in total. The first-order valence-electron chi connectivity index (χ1n) is 5.56. The molecular weight excluding hydrogens is 200 g/mol. The third-order valence-corrected chi connectivity index (χ3v) is 2.79. The van der Waals surface area contributed by atoms with Gasteiger partial charge in [0, 0.05) is 22.2 Å². The number of rotatable bonds is 3. The molecule has 0 aliphatic carbocycles. The minimum Gasteiger partial charge on any atom is -0.411 e. The lowest BCUT2D eigenvalue weighted by Crippen LogP contribution is -2.01. The van der Waals surface area contributed by atoms with E-state index < -0.39 is 0 Å². The van der Waals surface area contributed by atoms with Crippen LogP contribution in [0.1, 0.15) is 31.0 Å². The number of fused-ring (bicyclic) bond motifs is 1. The topological polar surface area (TPSA) is 48.4 Å². The van der Waals surface area contributed by atoms with E-state index in [0.717, 1.165) is 40.7 Å². The van der Waals surface area contributed by atoms with Gasteiger partial charge in [-0.15, -0.1) is 0 Å². The molecule has 1 aromatic carbocycles. The van der Waals surface area contributed by atoms with Crippen molar-refractivity contribution >= 4 is 16.6 Å². The number of benzene rings is 1. The number of H-pyrrole nitrogens is 1. The second kappa shape index (κ2) is 4.39. The van der Waals surface area contributed by atoms with E-state index in [1.165, 1.54) is 0 Å². The summed E-state index contributed by atoms with van der Waals surface area (Å²) >= 11 is 0. The van der Waals surface area contributed by atoms with Gasteiger partial charge in [0.25, 0.3) is 0 Å². The van der Waals surface area contributed by atoms with Gasteiger partial charge < -0.3 is 10.2 Å². The van der Waals surface area contributed by atoms with Gasteiger partial charge >= 0.3 is 0 Å². The van der Waals surface area contributed by atoms with E-state index in [9.17, 15) is 0 Å². The van der Waals surface area contributed by atoms with E-state index in [1.54, 1.807) is 0 Å². The molecule has 84 valence electrons. The van der Waals surface area contributed by atoms with Crippen molar-refractivity contribution in [3.63, 3.8) is 0 Å². The zero-order valence-electron chi connectivity index (χ0n) is 9.62. The van der Waals surface area contributed by atoms with Gasteiger partial charge in [-0.3, -0.25) is 0 Å². The Kier molecular flexibility index (Phi) is 2.95. The summed E-state index contributed by atoms with van der Waals surface area (Å²) in [5.74, 6) is 0. The molecule has 2 N–H and O–H groups in total. The van der Waals surface area contributed by atoms with Crippen molar-refractivity contribution in [3.05, 3.63) is 35.5 Å². The first-order chi connectivity index (χ1) is 7.77. The Balaban J connectivity index is 2.62. The third-order valence-electron chi connectivity index (χ3n) is 2.79. The SMILES string of the molecule is CCC/C(=N\O)c1c(C)[nH]c2ccccc12. The smallest absolute Gasteiger partial charge is 0.0891 e. The molecule has 0 amide bonds. The zero-order chi connectivity index (χ0) is 11.5. The van der Waals surface area contributed by atoms with Gasteiger partial charge in [0.05, 0.1) is 5.71 Å². The minimum atomic E-state index is 0.762.